The van der Waals surface area contributed by atoms with Crippen LogP contribution in [0.5, 0.6) is 0 Å². The molecular formula is C33H40N8O5S2. The van der Waals surface area contributed by atoms with E-state index in [2.05, 4.69) is 49.3 Å². The van der Waals surface area contributed by atoms with Gasteiger partial charge in [-0.2, -0.15) is 11.8 Å². The Bertz CT molecular complexity index is 1850. The molecule has 2 aliphatic heterocycles. The van der Waals surface area contributed by atoms with Crippen LogP contribution in [0.3, 0.4) is 0 Å². The van der Waals surface area contributed by atoms with Crippen molar-refractivity contribution in [2.24, 2.45) is 0 Å². The van der Waals surface area contributed by atoms with Crippen LogP contribution in [0.4, 0.5) is 15.3 Å². The van der Waals surface area contributed by atoms with Crippen LogP contribution in [0.15, 0.2) is 41.4 Å². The molecule has 0 unspecified atom stereocenters. The van der Waals surface area contributed by atoms with E-state index in [0.29, 0.717) is 23.1 Å². The summed E-state index contributed by atoms with van der Waals surface area (Å²) < 4.78 is 30.1. The lowest BCUT2D eigenvalue weighted by Gasteiger charge is -2.23. The van der Waals surface area contributed by atoms with Crippen molar-refractivity contribution in [1.29, 1.82) is 0 Å². The van der Waals surface area contributed by atoms with Crippen LogP contribution in [0, 0.1) is 0 Å². The number of aryl methyl sites for hydroxylation is 2. The molecule has 7 rings (SSSR count). The molecular weight excluding hydrogens is 653 g/mol. The zero-order chi connectivity index (χ0) is 33.5. The van der Waals surface area contributed by atoms with E-state index < -0.39 is 16.1 Å². The van der Waals surface area contributed by atoms with E-state index in [-0.39, 0.29) is 35.0 Å². The lowest BCUT2D eigenvalue weighted by atomic mass is 9.92. The van der Waals surface area contributed by atoms with Gasteiger partial charge >= 0.3 is 12.1 Å². The van der Waals surface area contributed by atoms with Crippen molar-refractivity contribution < 1.29 is 22.8 Å². The van der Waals surface area contributed by atoms with Gasteiger partial charge in [-0.25, -0.2) is 27.4 Å². The smallest absolute Gasteiger partial charge is 0.333 e. The van der Waals surface area contributed by atoms with Gasteiger partial charge in [-0.1, -0.05) is 23.8 Å². The molecule has 3 atom stereocenters. The van der Waals surface area contributed by atoms with Crippen molar-refractivity contribution in [3.63, 3.8) is 0 Å². The Balaban J connectivity index is 0.902. The number of sulfonamides is 1. The largest absolute Gasteiger partial charge is 0.350 e. The molecule has 15 heteroatoms. The Labute approximate surface area is 283 Å². The number of carbonyl (C=O) groups excluding carboxylic acids is 3. The van der Waals surface area contributed by atoms with Gasteiger partial charge in [0.1, 0.15) is 5.69 Å². The second-order valence-corrected chi connectivity index (χ2v) is 16.2. The van der Waals surface area contributed by atoms with Crippen LogP contribution in [0.25, 0.3) is 5.69 Å². The van der Waals surface area contributed by atoms with Gasteiger partial charge in [-0.3, -0.25) is 4.79 Å². The summed E-state index contributed by atoms with van der Waals surface area (Å²) >= 11 is 1.86. The molecule has 48 heavy (non-hydrogen) atoms. The standard InChI is InChI=1S/C33H40N8O5S2/c1-33-19-47-27(30(33)36-31(43)37-33)13-2-3-14-28(42)34-17-22-18-41(40-38-22)23-9-6-10-24(16-23)48(45,46)39-32(44)35-29-25-11-4-7-20(25)15-21-8-5-12-26(21)29/h6,9-10,15-16,18,27,30H,2-5,7-8,11-14,17,19H2,1H3,(H,34,42)(H2,35,39,44)(H2,36,37,43)/t27-,30+,33-/m0/s1. The van der Waals surface area contributed by atoms with E-state index in [9.17, 15) is 22.8 Å². The molecule has 1 aromatic heterocycles. The van der Waals surface area contributed by atoms with E-state index in [1.807, 2.05) is 11.8 Å². The van der Waals surface area contributed by atoms with Crippen molar-refractivity contribution >= 4 is 45.4 Å². The molecule has 0 radical (unpaired) electrons. The highest BCUT2D eigenvalue weighted by Crippen LogP contribution is 2.40. The summed E-state index contributed by atoms with van der Waals surface area (Å²) in [6.45, 7) is 2.26. The topological polar surface area (TPSA) is 176 Å². The number of hydrogen-bond acceptors (Lipinski definition) is 8. The van der Waals surface area contributed by atoms with Crippen LogP contribution < -0.4 is 26.0 Å². The summed E-state index contributed by atoms with van der Waals surface area (Å²) in [5.74, 6) is 0.792. The third-order valence-corrected chi connectivity index (χ3v) is 12.9. The summed E-state index contributed by atoms with van der Waals surface area (Å²) in [5.41, 5.74) is 6.26. The molecule has 2 saturated heterocycles. The van der Waals surface area contributed by atoms with Crippen LogP contribution in [0.2, 0.25) is 0 Å². The highest BCUT2D eigenvalue weighted by molar-refractivity contribution is 8.00. The van der Waals surface area contributed by atoms with E-state index in [4.69, 9.17) is 0 Å². The maximum absolute atomic E-state index is 13.2. The third kappa shape index (κ3) is 6.62. The predicted molar refractivity (Wildman–Crippen MR) is 182 cm³/mol. The maximum atomic E-state index is 13.2. The lowest BCUT2D eigenvalue weighted by Crippen LogP contribution is -2.47. The maximum Gasteiger partial charge on any atom is 0.333 e. The minimum absolute atomic E-state index is 0.0868. The number of thioether (sulfide) groups is 1. The average Bonchev–Trinajstić information content (AvgIpc) is 3.88. The Kier molecular flexibility index (Phi) is 8.83. The van der Waals surface area contributed by atoms with Gasteiger partial charge < -0.3 is 21.3 Å². The second kappa shape index (κ2) is 13.1. The fourth-order valence-electron chi connectivity index (χ4n) is 7.42. The molecule has 3 aromatic rings. The molecule has 13 nitrogen and oxygen atoms in total. The van der Waals surface area contributed by atoms with Gasteiger partial charge in [-0.15, -0.1) is 5.10 Å². The van der Waals surface area contributed by atoms with Gasteiger partial charge in [0.05, 0.1) is 34.9 Å². The van der Waals surface area contributed by atoms with Gasteiger partial charge in [0.2, 0.25) is 5.91 Å². The lowest BCUT2D eigenvalue weighted by molar-refractivity contribution is -0.121. The molecule has 2 aromatic carbocycles. The van der Waals surface area contributed by atoms with E-state index in [1.54, 1.807) is 18.3 Å². The Hall–Kier alpha value is -4.11. The van der Waals surface area contributed by atoms with Crippen molar-refractivity contribution in [1.82, 2.24) is 35.7 Å². The summed E-state index contributed by atoms with van der Waals surface area (Å²) in [4.78, 5) is 37.2. The Morgan fingerprint density at radius 2 is 1.85 bits per heavy atom. The van der Waals surface area contributed by atoms with E-state index >= 15 is 0 Å². The fraction of sp³-hybridized carbons (Fsp3) is 0.485. The quantitative estimate of drug-likeness (QED) is 0.150. The number of rotatable bonds is 11. The molecule has 2 aliphatic carbocycles. The van der Waals surface area contributed by atoms with Crippen LogP contribution in [-0.2, 0) is 47.0 Å². The summed E-state index contributed by atoms with van der Waals surface area (Å²) in [6.07, 6.45) is 10.3. The number of nitrogens with zero attached hydrogens (tertiary/aromatic N) is 3. The first kappa shape index (κ1) is 32.4. The Morgan fingerprint density at radius 3 is 2.62 bits per heavy atom. The van der Waals surface area contributed by atoms with Crippen molar-refractivity contribution in [3.8, 4) is 5.69 Å². The van der Waals surface area contributed by atoms with Crippen LogP contribution in [-0.4, -0.2) is 64.0 Å². The second-order valence-electron chi connectivity index (χ2n) is 13.3. The molecule has 254 valence electrons. The zero-order valence-electron chi connectivity index (χ0n) is 26.8. The monoisotopic (exact) mass is 692 g/mol. The number of aromatic nitrogens is 3. The number of unbranched alkanes of at least 4 members (excludes halogenated alkanes) is 1. The van der Waals surface area contributed by atoms with Gasteiger partial charge in [0, 0.05) is 23.1 Å². The summed E-state index contributed by atoms with van der Waals surface area (Å²) in [6, 6.07) is 7.57. The first-order valence-corrected chi connectivity index (χ1v) is 19.1. The summed E-state index contributed by atoms with van der Waals surface area (Å²) in [5, 5.41) is 20.4. The number of nitrogens with one attached hydrogen (secondary N) is 5. The molecule has 2 fully saturated rings. The summed E-state index contributed by atoms with van der Waals surface area (Å²) in [7, 11) is -4.18. The number of hydrogen-bond donors (Lipinski definition) is 5. The van der Waals surface area contributed by atoms with E-state index in [0.717, 1.165) is 80.4 Å². The van der Waals surface area contributed by atoms with Gasteiger partial charge in [0.25, 0.3) is 10.0 Å². The zero-order valence-corrected chi connectivity index (χ0v) is 28.4. The van der Waals surface area contributed by atoms with Crippen molar-refractivity contribution in [2.45, 2.75) is 99.4 Å². The molecule has 0 spiro atoms. The molecule has 5 amide bonds. The van der Waals surface area contributed by atoms with Gasteiger partial charge in [0.15, 0.2) is 0 Å². The SMILES string of the molecule is C[C@]12CS[C@@H](CCCCC(=O)NCc3cn(-c4cccc(S(=O)(=O)NC(=O)Nc5c6c(cc7c5CCC7)CCC6)c4)nn3)[C@H]1NC(=O)N2. The van der Waals surface area contributed by atoms with Gasteiger partial charge in [-0.05, 0) is 98.7 Å². The number of anilines is 1. The molecule has 3 heterocycles. The minimum atomic E-state index is -4.18. The number of fused-ring (bicyclic) bond motifs is 3. The third-order valence-electron chi connectivity index (χ3n) is 9.82. The number of urea groups is 2. The van der Waals surface area contributed by atoms with Crippen LogP contribution in [0.1, 0.15) is 73.4 Å². The number of amides is 5. The first-order valence-electron chi connectivity index (χ1n) is 16.6. The highest BCUT2D eigenvalue weighted by atomic mass is 32.2. The number of benzene rings is 2. The predicted octanol–water partition coefficient (Wildman–Crippen LogP) is 3.49. The van der Waals surface area contributed by atoms with Crippen molar-refractivity contribution in [2.75, 3.05) is 11.1 Å². The molecule has 0 bridgehead atoms. The normalized spacial score (nSPS) is 22.4. The highest BCUT2D eigenvalue weighted by Gasteiger charge is 2.51. The first-order chi connectivity index (χ1) is 23.1. The minimum Gasteiger partial charge on any atom is -0.350 e. The number of carbonyl (C=O) groups is 3. The average molecular weight is 693 g/mol. The fourth-order valence-corrected chi connectivity index (χ4v) is 10.1. The van der Waals surface area contributed by atoms with E-state index in [1.165, 1.54) is 27.9 Å². The van der Waals surface area contributed by atoms with Crippen molar-refractivity contribution in [3.05, 3.63) is 64.5 Å². The molecule has 5 N–H and O–H groups in total. The Morgan fingerprint density at radius 1 is 1.08 bits per heavy atom. The molecule has 4 aliphatic rings. The van der Waals surface area contributed by atoms with Crippen LogP contribution >= 0.6 is 11.8 Å². The molecule has 0 saturated carbocycles.